The fraction of sp³-hybridized carbons (Fsp3) is 0.417. The fourth-order valence-electron chi connectivity index (χ4n) is 2.07. The van der Waals surface area contributed by atoms with Gasteiger partial charge in [0.15, 0.2) is 0 Å². The summed E-state index contributed by atoms with van der Waals surface area (Å²) in [5.41, 5.74) is -1.77. The maximum atomic E-state index is 13.7. The van der Waals surface area contributed by atoms with E-state index in [4.69, 9.17) is 5.11 Å². The molecular formula is C12H12F2N2O4. The van der Waals surface area contributed by atoms with E-state index in [1.54, 1.807) is 0 Å². The van der Waals surface area contributed by atoms with Crippen LogP contribution in [0.3, 0.4) is 0 Å². The van der Waals surface area contributed by atoms with Crippen molar-refractivity contribution in [1.82, 2.24) is 5.32 Å². The molecule has 0 heterocycles. The lowest BCUT2D eigenvalue weighted by Gasteiger charge is -2.31. The highest BCUT2D eigenvalue weighted by Crippen LogP contribution is 2.26. The summed E-state index contributed by atoms with van der Waals surface area (Å²) in [6, 6.07) is 1.04. The number of hydrogen-bond donors (Lipinski definition) is 2. The molecule has 0 saturated heterocycles. The minimum Gasteiger partial charge on any atom is -0.393 e. The van der Waals surface area contributed by atoms with Gasteiger partial charge in [0.25, 0.3) is 5.91 Å². The van der Waals surface area contributed by atoms with Gasteiger partial charge in [-0.1, -0.05) is 0 Å². The van der Waals surface area contributed by atoms with Crippen LogP contribution in [-0.4, -0.2) is 28.6 Å². The van der Waals surface area contributed by atoms with Crippen LogP contribution in [0.25, 0.3) is 0 Å². The molecule has 108 valence electrons. The second-order valence-electron chi connectivity index (χ2n) is 4.74. The molecule has 6 nitrogen and oxygen atoms in total. The minimum absolute atomic E-state index is 0.0838. The normalized spacial score (nSPS) is 21.1. The minimum atomic E-state index is -1.36. The van der Waals surface area contributed by atoms with Crippen LogP contribution in [0.15, 0.2) is 12.1 Å². The van der Waals surface area contributed by atoms with Gasteiger partial charge in [-0.2, -0.15) is 4.39 Å². The monoisotopic (exact) mass is 286 g/mol. The smallest absolute Gasteiger partial charge is 0.308 e. The average molecular weight is 286 g/mol. The van der Waals surface area contributed by atoms with Crippen molar-refractivity contribution in [3.8, 4) is 0 Å². The maximum absolute atomic E-state index is 13.7. The Morgan fingerprint density at radius 3 is 2.65 bits per heavy atom. The molecule has 1 fully saturated rings. The maximum Gasteiger partial charge on any atom is 0.308 e. The first-order valence-corrected chi connectivity index (χ1v) is 5.98. The molecule has 1 aliphatic rings. The van der Waals surface area contributed by atoms with Crippen molar-refractivity contribution in [1.29, 1.82) is 0 Å². The van der Waals surface area contributed by atoms with E-state index in [9.17, 15) is 23.7 Å². The molecular weight excluding hydrogens is 274 g/mol. The van der Waals surface area contributed by atoms with E-state index in [0.717, 1.165) is 0 Å². The zero-order chi connectivity index (χ0) is 14.9. The highest BCUT2D eigenvalue weighted by molar-refractivity contribution is 5.95. The van der Waals surface area contributed by atoms with Crippen LogP contribution < -0.4 is 5.32 Å². The standard InChI is InChI=1S/C12H12F2N2O4/c13-7-3-9(11(14)10(4-7)16(19)20)12(18)15-5-6-1-8(17)2-6/h3-4,6,8,17H,1-2,5H2,(H,15,18). The zero-order valence-electron chi connectivity index (χ0n) is 10.3. The van der Waals surface area contributed by atoms with Crippen LogP contribution in [0, 0.1) is 27.7 Å². The molecule has 8 heteroatoms. The van der Waals surface area contributed by atoms with Crippen LogP contribution in [0.1, 0.15) is 23.2 Å². The van der Waals surface area contributed by atoms with Gasteiger partial charge in [-0.05, 0) is 24.8 Å². The highest BCUT2D eigenvalue weighted by Gasteiger charge is 2.29. The van der Waals surface area contributed by atoms with Crippen LogP contribution in [-0.2, 0) is 0 Å². The Balaban J connectivity index is 2.11. The van der Waals surface area contributed by atoms with Gasteiger partial charge in [0, 0.05) is 6.54 Å². The lowest BCUT2D eigenvalue weighted by molar-refractivity contribution is -0.387. The van der Waals surface area contributed by atoms with Crippen molar-refractivity contribution in [3.63, 3.8) is 0 Å². The zero-order valence-corrected chi connectivity index (χ0v) is 10.3. The highest BCUT2D eigenvalue weighted by atomic mass is 19.1. The number of nitro benzene ring substituents is 1. The topological polar surface area (TPSA) is 92.5 Å². The Hall–Kier alpha value is -2.09. The van der Waals surface area contributed by atoms with Crippen molar-refractivity contribution in [3.05, 3.63) is 39.4 Å². The van der Waals surface area contributed by atoms with Gasteiger partial charge < -0.3 is 10.4 Å². The molecule has 0 aromatic heterocycles. The summed E-state index contributed by atoms with van der Waals surface area (Å²) in [5.74, 6) is -3.24. The number of hydrogen-bond acceptors (Lipinski definition) is 4. The molecule has 20 heavy (non-hydrogen) atoms. The van der Waals surface area contributed by atoms with Gasteiger partial charge in [0.1, 0.15) is 5.82 Å². The van der Waals surface area contributed by atoms with E-state index in [1.165, 1.54) is 0 Å². The Labute approximate surface area is 112 Å². The third kappa shape index (κ3) is 2.90. The number of aliphatic hydroxyl groups excluding tert-OH is 1. The lowest BCUT2D eigenvalue weighted by atomic mass is 9.82. The molecule has 1 aromatic carbocycles. The van der Waals surface area contributed by atoms with Gasteiger partial charge in [0.05, 0.1) is 22.7 Å². The quantitative estimate of drug-likeness (QED) is 0.646. The summed E-state index contributed by atoms with van der Waals surface area (Å²) in [4.78, 5) is 21.2. The van der Waals surface area contributed by atoms with Gasteiger partial charge in [-0.3, -0.25) is 14.9 Å². The second kappa shape index (κ2) is 5.49. The third-order valence-electron chi connectivity index (χ3n) is 3.22. The van der Waals surface area contributed by atoms with E-state index in [0.29, 0.717) is 25.0 Å². The van der Waals surface area contributed by atoms with Crippen LogP contribution in [0.2, 0.25) is 0 Å². The van der Waals surface area contributed by atoms with E-state index in [-0.39, 0.29) is 18.6 Å². The van der Waals surface area contributed by atoms with E-state index < -0.39 is 33.7 Å². The molecule has 0 radical (unpaired) electrons. The summed E-state index contributed by atoms with van der Waals surface area (Å²) < 4.78 is 26.9. The molecule has 1 aliphatic carbocycles. The van der Waals surface area contributed by atoms with Crippen molar-refractivity contribution >= 4 is 11.6 Å². The SMILES string of the molecule is O=C(NCC1CC(O)C1)c1cc(F)cc([N+](=O)[O-])c1F. The summed E-state index contributed by atoms with van der Waals surface area (Å²) in [6.07, 6.45) is 0.682. The number of amides is 1. The number of carbonyl (C=O) groups excluding carboxylic acids is 1. The number of nitrogens with zero attached hydrogens (tertiary/aromatic N) is 1. The predicted molar refractivity (Wildman–Crippen MR) is 64.1 cm³/mol. The van der Waals surface area contributed by atoms with Crippen molar-refractivity contribution in [2.24, 2.45) is 5.92 Å². The number of nitrogens with one attached hydrogen (secondary N) is 1. The Morgan fingerprint density at radius 2 is 2.10 bits per heavy atom. The second-order valence-corrected chi connectivity index (χ2v) is 4.74. The first kappa shape index (κ1) is 14.3. The number of carbonyl (C=O) groups is 1. The summed E-state index contributed by atoms with van der Waals surface area (Å²) in [5, 5.41) is 22.0. The molecule has 0 atom stereocenters. The van der Waals surface area contributed by atoms with E-state index in [1.807, 2.05) is 0 Å². The summed E-state index contributed by atoms with van der Waals surface area (Å²) >= 11 is 0. The van der Waals surface area contributed by atoms with Crippen LogP contribution in [0.4, 0.5) is 14.5 Å². The Bertz CT molecular complexity index is 559. The molecule has 2 N–H and O–H groups in total. The lowest BCUT2D eigenvalue weighted by Crippen LogP contribution is -2.38. The first-order valence-electron chi connectivity index (χ1n) is 5.98. The van der Waals surface area contributed by atoms with E-state index >= 15 is 0 Å². The van der Waals surface area contributed by atoms with Crippen LogP contribution >= 0.6 is 0 Å². The molecule has 0 aliphatic heterocycles. The number of benzene rings is 1. The number of nitro groups is 1. The predicted octanol–water partition coefficient (Wildman–Crippen LogP) is 1.37. The van der Waals surface area contributed by atoms with Crippen molar-refractivity contribution in [2.75, 3.05) is 6.54 Å². The van der Waals surface area contributed by atoms with E-state index in [2.05, 4.69) is 5.32 Å². The summed E-state index contributed by atoms with van der Waals surface area (Å²) in [7, 11) is 0. The molecule has 0 spiro atoms. The van der Waals surface area contributed by atoms with Crippen molar-refractivity contribution < 1.29 is 23.6 Å². The van der Waals surface area contributed by atoms with Gasteiger partial charge in [-0.15, -0.1) is 0 Å². The molecule has 1 amide bonds. The number of halogens is 2. The molecule has 1 saturated carbocycles. The molecule has 2 rings (SSSR count). The average Bonchev–Trinajstić information content (AvgIpc) is 2.34. The Morgan fingerprint density at radius 1 is 1.45 bits per heavy atom. The first-order chi connectivity index (χ1) is 9.38. The van der Waals surface area contributed by atoms with Gasteiger partial charge in [0.2, 0.25) is 5.82 Å². The third-order valence-corrected chi connectivity index (χ3v) is 3.22. The molecule has 0 unspecified atom stereocenters. The number of rotatable bonds is 4. The summed E-state index contributed by atoms with van der Waals surface area (Å²) in [6.45, 7) is 0.208. The van der Waals surface area contributed by atoms with Gasteiger partial charge >= 0.3 is 5.69 Å². The van der Waals surface area contributed by atoms with Crippen LogP contribution in [0.5, 0.6) is 0 Å². The molecule has 0 bridgehead atoms. The Kier molecular flexibility index (Phi) is 3.93. The number of aliphatic hydroxyl groups is 1. The fourth-order valence-corrected chi connectivity index (χ4v) is 2.07. The largest absolute Gasteiger partial charge is 0.393 e. The molecule has 1 aromatic rings. The van der Waals surface area contributed by atoms with Gasteiger partial charge in [-0.25, -0.2) is 4.39 Å². The van der Waals surface area contributed by atoms with Crippen molar-refractivity contribution in [2.45, 2.75) is 18.9 Å².